The number of benzene rings is 2. The minimum atomic E-state index is -0.152. The molecule has 2 aromatic rings. The number of morpholine rings is 1. The third-order valence-corrected chi connectivity index (χ3v) is 6.53. The zero-order valence-corrected chi connectivity index (χ0v) is 17.9. The molecule has 0 spiro atoms. The normalized spacial score (nSPS) is 24.6. The zero-order valence-electron chi connectivity index (χ0n) is 17.9. The number of anilines is 2. The first kappa shape index (κ1) is 20.3. The highest BCUT2D eigenvalue weighted by Gasteiger charge is 2.37. The molecule has 2 atom stereocenters. The number of amides is 1. The Bertz CT molecular complexity index is 879. The third kappa shape index (κ3) is 4.39. The van der Waals surface area contributed by atoms with E-state index >= 15 is 0 Å². The van der Waals surface area contributed by atoms with Gasteiger partial charge in [-0.15, -0.1) is 0 Å². The van der Waals surface area contributed by atoms with Crippen LogP contribution in [-0.4, -0.2) is 82.0 Å². The molecule has 0 aromatic heterocycles. The molecule has 1 amide bonds. The lowest BCUT2D eigenvalue weighted by molar-refractivity contribution is 0.00264. The summed E-state index contributed by atoms with van der Waals surface area (Å²) in [4.78, 5) is 20.0. The smallest absolute Gasteiger partial charge is 0.255 e. The van der Waals surface area contributed by atoms with Crippen LogP contribution in [0.3, 0.4) is 0 Å². The maximum Gasteiger partial charge on any atom is 0.255 e. The van der Waals surface area contributed by atoms with E-state index in [0.717, 1.165) is 63.6 Å². The Balaban J connectivity index is 1.26. The van der Waals surface area contributed by atoms with Crippen molar-refractivity contribution in [2.75, 3.05) is 68.8 Å². The predicted molar refractivity (Wildman–Crippen MR) is 123 cm³/mol. The van der Waals surface area contributed by atoms with Gasteiger partial charge < -0.3 is 25.2 Å². The van der Waals surface area contributed by atoms with E-state index in [1.165, 1.54) is 5.69 Å². The van der Waals surface area contributed by atoms with Gasteiger partial charge in [0.1, 0.15) is 12.3 Å². The van der Waals surface area contributed by atoms with Crippen LogP contribution in [0, 0.1) is 0 Å². The van der Waals surface area contributed by atoms with Gasteiger partial charge in [0.05, 0.1) is 17.9 Å². The topological polar surface area (TPSA) is 60.1 Å². The standard InChI is InChI=1S/C24H31N5O2/c30-24-20-8-4-5-9-21(20)29(23(26-24)22-18-25-10-17-31-22)16-13-27-11-14-28(15-12-27)19-6-2-1-3-7-19/h1-9,22-23,25H,10-18H2,(H,26,30). The predicted octanol–water partition coefficient (Wildman–Crippen LogP) is 1.37. The summed E-state index contributed by atoms with van der Waals surface area (Å²) in [5.41, 5.74) is 3.06. The lowest BCUT2D eigenvalue weighted by atomic mass is 10.0. The average molecular weight is 422 g/mol. The lowest BCUT2D eigenvalue weighted by Gasteiger charge is -2.45. The fraction of sp³-hybridized carbons (Fsp3) is 0.458. The average Bonchev–Trinajstić information content (AvgIpc) is 2.85. The Morgan fingerprint density at radius 1 is 0.935 bits per heavy atom. The van der Waals surface area contributed by atoms with Crippen LogP contribution in [-0.2, 0) is 4.74 Å². The van der Waals surface area contributed by atoms with Gasteiger partial charge in [0.2, 0.25) is 0 Å². The molecule has 0 bridgehead atoms. The molecule has 0 saturated carbocycles. The highest BCUT2D eigenvalue weighted by Crippen LogP contribution is 2.28. The largest absolute Gasteiger partial charge is 0.371 e. The molecule has 2 N–H and O–H groups in total. The van der Waals surface area contributed by atoms with Crippen LogP contribution in [0.4, 0.5) is 11.4 Å². The molecule has 3 heterocycles. The number of rotatable bonds is 5. The van der Waals surface area contributed by atoms with Crippen molar-refractivity contribution in [3.63, 3.8) is 0 Å². The van der Waals surface area contributed by atoms with Gasteiger partial charge in [-0.05, 0) is 24.3 Å². The molecule has 2 aromatic carbocycles. The Morgan fingerprint density at radius 2 is 1.71 bits per heavy atom. The maximum atomic E-state index is 12.7. The summed E-state index contributed by atoms with van der Waals surface area (Å²) in [6.45, 7) is 8.27. The Kier molecular flexibility index (Phi) is 6.06. The number of hydrogen-bond donors (Lipinski definition) is 2. The quantitative estimate of drug-likeness (QED) is 0.761. The van der Waals surface area contributed by atoms with Crippen LogP contribution in [0.1, 0.15) is 10.4 Å². The molecule has 2 saturated heterocycles. The van der Waals surface area contributed by atoms with Crippen molar-refractivity contribution in [3.05, 3.63) is 60.2 Å². The first-order chi connectivity index (χ1) is 15.3. The van der Waals surface area contributed by atoms with Crippen LogP contribution in [0.5, 0.6) is 0 Å². The summed E-state index contributed by atoms with van der Waals surface area (Å²) < 4.78 is 6.03. The van der Waals surface area contributed by atoms with Crippen molar-refractivity contribution < 1.29 is 9.53 Å². The van der Waals surface area contributed by atoms with Crippen LogP contribution >= 0.6 is 0 Å². The number of piperazine rings is 1. The minimum absolute atomic E-state index is 0.0116. The highest BCUT2D eigenvalue weighted by molar-refractivity contribution is 6.02. The fourth-order valence-corrected chi connectivity index (χ4v) is 4.82. The molecular weight excluding hydrogens is 390 g/mol. The van der Waals surface area contributed by atoms with E-state index < -0.39 is 0 Å². The summed E-state index contributed by atoms with van der Waals surface area (Å²) in [7, 11) is 0. The van der Waals surface area contributed by atoms with Gasteiger partial charge in [-0.25, -0.2) is 0 Å². The van der Waals surface area contributed by atoms with Crippen LogP contribution in [0.25, 0.3) is 0 Å². The number of carbonyl (C=O) groups is 1. The van der Waals surface area contributed by atoms with E-state index in [1.807, 2.05) is 18.2 Å². The van der Waals surface area contributed by atoms with E-state index in [4.69, 9.17) is 4.74 Å². The van der Waals surface area contributed by atoms with Gasteiger partial charge in [0.15, 0.2) is 0 Å². The molecule has 2 unspecified atom stereocenters. The molecule has 5 rings (SSSR count). The van der Waals surface area contributed by atoms with Crippen molar-refractivity contribution in [2.24, 2.45) is 0 Å². The SMILES string of the molecule is O=C1NC(C2CNCCO2)N(CCN2CCN(c3ccccc3)CC2)c2ccccc21. The van der Waals surface area contributed by atoms with Gasteiger partial charge in [0.25, 0.3) is 5.91 Å². The van der Waals surface area contributed by atoms with Crippen molar-refractivity contribution in [1.29, 1.82) is 0 Å². The second kappa shape index (κ2) is 9.26. The number of ether oxygens (including phenoxy) is 1. The Labute approximate surface area is 184 Å². The number of hydrogen-bond acceptors (Lipinski definition) is 6. The summed E-state index contributed by atoms with van der Waals surface area (Å²) >= 11 is 0. The molecular formula is C24H31N5O2. The van der Waals surface area contributed by atoms with E-state index in [1.54, 1.807) is 0 Å². The Hall–Kier alpha value is -2.61. The van der Waals surface area contributed by atoms with Gasteiger partial charge in [-0.1, -0.05) is 30.3 Å². The van der Waals surface area contributed by atoms with Crippen molar-refractivity contribution in [2.45, 2.75) is 12.3 Å². The summed E-state index contributed by atoms with van der Waals surface area (Å²) in [6.07, 6.45) is -0.207. The second-order valence-corrected chi connectivity index (χ2v) is 8.41. The van der Waals surface area contributed by atoms with E-state index in [9.17, 15) is 4.79 Å². The summed E-state index contributed by atoms with van der Waals surface area (Å²) in [6, 6.07) is 18.6. The van der Waals surface area contributed by atoms with Gasteiger partial charge >= 0.3 is 0 Å². The molecule has 31 heavy (non-hydrogen) atoms. The monoisotopic (exact) mass is 421 g/mol. The molecule has 7 heteroatoms. The van der Waals surface area contributed by atoms with Crippen molar-refractivity contribution in [1.82, 2.24) is 15.5 Å². The number of nitrogens with one attached hydrogen (secondary N) is 2. The van der Waals surface area contributed by atoms with Crippen molar-refractivity contribution >= 4 is 17.3 Å². The van der Waals surface area contributed by atoms with E-state index in [-0.39, 0.29) is 18.2 Å². The third-order valence-electron chi connectivity index (χ3n) is 6.53. The minimum Gasteiger partial charge on any atom is -0.371 e. The van der Waals surface area contributed by atoms with Crippen LogP contribution in [0.2, 0.25) is 0 Å². The first-order valence-electron chi connectivity index (χ1n) is 11.3. The van der Waals surface area contributed by atoms with E-state index in [2.05, 4.69) is 61.7 Å². The lowest BCUT2D eigenvalue weighted by Crippen LogP contribution is -2.63. The molecule has 3 aliphatic rings. The first-order valence-corrected chi connectivity index (χ1v) is 11.3. The fourth-order valence-electron chi connectivity index (χ4n) is 4.82. The summed E-state index contributed by atoms with van der Waals surface area (Å²) in [5, 5.41) is 6.60. The second-order valence-electron chi connectivity index (χ2n) is 8.41. The van der Waals surface area contributed by atoms with Crippen LogP contribution < -0.4 is 20.4 Å². The number of para-hydroxylation sites is 2. The molecule has 0 aliphatic carbocycles. The molecule has 164 valence electrons. The molecule has 0 radical (unpaired) electrons. The molecule has 3 aliphatic heterocycles. The molecule has 2 fully saturated rings. The van der Waals surface area contributed by atoms with Crippen molar-refractivity contribution in [3.8, 4) is 0 Å². The zero-order chi connectivity index (χ0) is 21.0. The number of fused-ring (bicyclic) bond motifs is 1. The van der Waals surface area contributed by atoms with E-state index in [0.29, 0.717) is 6.61 Å². The van der Waals surface area contributed by atoms with Gasteiger partial charge in [0, 0.05) is 58.0 Å². The number of carbonyl (C=O) groups excluding carboxylic acids is 1. The number of nitrogens with zero attached hydrogens (tertiary/aromatic N) is 3. The van der Waals surface area contributed by atoms with Gasteiger partial charge in [-0.2, -0.15) is 0 Å². The van der Waals surface area contributed by atoms with Gasteiger partial charge in [-0.3, -0.25) is 9.69 Å². The van der Waals surface area contributed by atoms with Crippen LogP contribution in [0.15, 0.2) is 54.6 Å². The Morgan fingerprint density at radius 3 is 2.48 bits per heavy atom. The highest BCUT2D eigenvalue weighted by atomic mass is 16.5. The summed E-state index contributed by atoms with van der Waals surface area (Å²) in [5.74, 6) is -0.0116. The molecule has 7 nitrogen and oxygen atoms in total. The maximum absolute atomic E-state index is 12.7.